The number of aliphatic imine (C=N–C) groups is 1. The van der Waals surface area contributed by atoms with E-state index in [0.717, 1.165) is 0 Å². The van der Waals surface area contributed by atoms with E-state index in [1.54, 1.807) is 6.20 Å². The van der Waals surface area contributed by atoms with Gasteiger partial charge in [0, 0.05) is 6.20 Å². The monoisotopic (exact) mass is 254 g/mol. The molecule has 0 saturated carbocycles. The van der Waals surface area contributed by atoms with E-state index in [2.05, 4.69) is 30.4 Å². The molecule has 0 saturated heterocycles. The van der Waals surface area contributed by atoms with Crippen molar-refractivity contribution in [3.63, 3.8) is 0 Å². The van der Waals surface area contributed by atoms with Crippen molar-refractivity contribution in [1.82, 2.24) is 4.98 Å². The van der Waals surface area contributed by atoms with Crippen molar-refractivity contribution < 1.29 is 4.74 Å². The lowest BCUT2D eigenvalue weighted by Crippen LogP contribution is -2.03. The van der Waals surface area contributed by atoms with Crippen molar-refractivity contribution in [2.45, 2.75) is 20.3 Å². The van der Waals surface area contributed by atoms with E-state index in [0.29, 0.717) is 17.3 Å². The highest BCUT2D eigenvalue weighted by Crippen LogP contribution is 2.10. The molecule has 0 amide bonds. The van der Waals surface area contributed by atoms with Gasteiger partial charge in [-0.2, -0.15) is 0 Å². The van der Waals surface area contributed by atoms with Gasteiger partial charge in [-0.15, -0.1) is 11.6 Å². The SMILES string of the molecule is C=C(N=C(CCl)OC)c1ccccn1.CCC. The molecule has 1 aromatic rings. The van der Waals surface area contributed by atoms with Gasteiger partial charge in [0.1, 0.15) is 0 Å². The molecule has 0 aliphatic carbocycles. The van der Waals surface area contributed by atoms with E-state index in [1.807, 2.05) is 18.2 Å². The Morgan fingerprint density at radius 3 is 2.53 bits per heavy atom. The topological polar surface area (TPSA) is 34.5 Å². The lowest BCUT2D eigenvalue weighted by atomic mass is 10.3. The first kappa shape index (κ1) is 15.7. The number of alkyl halides is 1. The minimum absolute atomic E-state index is 0.225. The second-order valence-electron chi connectivity index (χ2n) is 3.21. The summed E-state index contributed by atoms with van der Waals surface area (Å²) in [6, 6.07) is 5.53. The molecule has 1 rings (SSSR count). The zero-order valence-corrected chi connectivity index (χ0v) is 11.4. The van der Waals surface area contributed by atoms with Crippen LogP contribution in [0.2, 0.25) is 0 Å². The standard InChI is InChI=1S/C10H11ClN2O.C3H8/c1-8(13-10(7-11)14-2)9-5-3-4-6-12-9;1-3-2/h3-6H,1,7H2,2H3;3H2,1-2H3. The fraction of sp³-hybridized carbons (Fsp3) is 0.385. The Kier molecular flexibility index (Phi) is 9.06. The molecule has 0 aliphatic rings. The van der Waals surface area contributed by atoms with Gasteiger partial charge >= 0.3 is 0 Å². The minimum Gasteiger partial charge on any atom is -0.483 e. The number of ether oxygens (including phenoxy) is 1. The van der Waals surface area contributed by atoms with Crippen molar-refractivity contribution in [3.05, 3.63) is 36.7 Å². The van der Waals surface area contributed by atoms with Gasteiger partial charge in [0.15, 0.2) is 0 Å². The van der Waals surface area contributed by atoms with Gasteiger partial charge in [0.05, 0.1) is 24.4 Å². The van der Waals surface area contributed by atoms with Crippen LogP contribution in [0.3, 0.4) is 0 Å². The Bertz CT molecular complexity index is 344. The third kappa shape index (κ3) is 6.74. The molecule has 0 atom stereocenters. The fourth-order valence-corrected chi connectivity index (χ4v) is 1.04. The Morgan fingerprint density at radius 2 is 2.12 bits per heavy atom. The number of aromatic nitrogens is 1. The lowest BCUT2D eigenvalue weighted by molar-refractivity contribution is 0.401. The van der Waals surface area contributed by atoms with E-state index in [4.69, 9.17) is 16.3 Å². The van der Waals surface area contributed by atoms with Crippen molar-refractivity contribution in [1.29, 1.82) is 0 Å². The Morgan fingerprint density at radius 1 is 1.47 bits per heavy atom. The van der Waals surface area contributed by atoms with E-state index in [-0.39, 0.29) is 5.88 Å². The van der Waals surface area contributed by atoms with Crippen LogP contribution >= 0.6 is 11.6 Å². The maximum Gasteiger partial charge on any atom is 0.203 e. The van der Waals surface area contributed by atoms with Crippen LogP contribution in [0.25, 0.3) is 5.70 Å². The summed E-state index contributed by atoms with van der Waals surface area (Å²) in [6.45, 7) is 8.02. The number of hydrogen-bond donors (Lipinski definition) is 0. The van der Waals surface area contributed by atoms with Crippen molar-refractivity contribution in [2.24, 2.45) is 4.99 Å². The Hall–Kier alpha value is -1.35. The second kappa shape index (κ2) is 9.85. The predicted octanol–water partition coefficient (Wildman–Crippen LogP) is 3.75. The molecule has 0 radical (unpaired) electrons. The predicted molar refractivity (Wildman–Crippen MR) is 74.4 cm³/mol. The zero-order chi connectivity index (χ0) is 13.1. The molecule has 0 N–H and O–H groups in total. The zero-order valence-electron chi connectivity index (χ0n) is 10.6. The molecule has 0 fully saturated rings. The van der Waals surface area contributed by atoms with Crippen LogP contribution < -0.4 is 0 Å². The minimum atomic E-state index is 0.225. The number of nitrogens with zero attached hydrogens (tertiary/aromatic N) is 2. The molecule has 94 valence electrons. The Balaban J connectivity index is 0.000000770. The van der Waals surface area contributed by atoms with Crippen molar-refractivity contribution >= 4 is 23.2 Å². The summed E-state index contributed by atoms with van der Waals surface area (Å²) in [4.78, 5) is 8.18. The largest absolute Gasteiger partial charge is 0.483 e. The van der Waals surface area contributed by atoms with E-state index >= 15 is 0 Å². The van der Waals surface area contributed by atoms with Crippen LogP contribution in [-0.2, 0) is 4.74 Å². The van der Waals surface area contributed by atoms with Gasteiger partial charge in [-0.25, -0.2) is 4.99 Å². The highest BCUT2D eigenvalue weighted by Gasteiger charge is 2.00. The highest BCUT2D eigenvalue weighted by atomic mass is 35.5. The van der Waals surface area contributed by atoms with Crippen molar-refractivity contribution in [3.8, 4) is 0 Å². The fourth-order valence-electron chi connectivity index (χ4n) is 0.871. The molecule has 0 unspecified atom stereocenters. The molecular formula is C13H19ClN2O. The van der Waals surface area contributed by atoms with Gasteiger partial charge in [-0.3, -0.25) is 4.98 Å². The molecule has 17 heavy (non-hydrogen) atoms. The molecule has 0 aromatic carbocycles. The maximum atomic E-state index is 5.58. The van der Waals surface area contributed by atoms with Crippen LogP contribution in [-0.4, -0.2) is 23.9 Å². The van der Waals surface area contributed by atoms with E-state index < -0.39 is 0 Å². The van der Waals surface area contributed by atoms with Crippen molar-refractivity contribution in [2.75, 3.05) is 13.0 Å². The third-order valence-electron chi connectivity index (χ3n) is 1.57. The van der Waals surface area contributed by atoms with Gasteiger partial charge in [0.2, 0.25) is 5.90 Å². The molecule has 1 heterocycles. The summed E-state index contributed by atoms with van der Waals surface area (Å²) in [7, 11) is 1.52. The first-order chi connectivity index (χ1) is 8.19. The molecule has 3 nitrogen and oxygen atoms in total. The summed E-state index contributed by atoms with van der Waals surface area (Å²) < 4.78 is 4.92. The van der Waals surface area contributed by atoms with Crippen LogP contribution in [0.4, 0.5) is 0 Å². The number of halogens is 1. The first-order valence-corrected chi connectivity index (χ1v) is 6.00. The lowest BCUT2D eigenvalue weighted by Gasteiger charge is -2.02. The smallest absolute Gasteiger partial charge is 0.203 e. The molecule has 0 aliphatic heterocycles. The summed E-state index contributed by atoms with van der Waals surface area (Å²) >= 11 is 5.58. The normalized spacial score (nSPS) is 10.2. The summed E-state index contributed by atoms with van der Waals surface area (Å²) in [5.74, 6) is 0.657. The molecule has 0 spiro atoms. The molecule has 4 heteroatoms. The van der Waals surface area contributed by atoms with Gasteiger partial charge in [-0.05, 0) is 12.1 Å². The van der Waals surface area contributed by atoms with Crippen LogP contribution in [0.5, 0.6) is 0 Å². The number of methoxy groups -OCH3 is 1. The summed E-state index contributed by atoms with van der Waals surface area (Å²) in [5.41, 5.74) is 1.26. The van der Waals surface area contributed by atoms with Gasteiger partial charge < -0.3 is 4.74 Å². The van der Waals surface area contributed by atoms with Crippen LogP contribution in [0.1, 0.15) is 26.0 Å². The molecular weight excluding hydrogens is 236 g/mol. The summed E-state index contributed by atoms with van der Waals surface area (Å²) in [5, 5.41) is 0. The van der Waals surface area contributed by atoms with Crippen LogP contribution in [0.15, 0.2) is 36.0 Å². The second-order valence-corrected chi connectivity index (χ2v) is 3.48. The summed E-state index contributed by atoms with van der Waals surface area (Å²) in [6.07, 6.45) is 2.93. The third-order valence-corrected chi connectivity index (χ3v) is 1.80. The quantitative estimate of drug-likeness (QED) is 0.468. The highest BCUT2D eigenvalue weighted by molar-refractivity contribution is 6.27. The molecule has 1 aromatic heterocycles. The number of hydrogen-bond acceptors (Lipinski definition) is 3. The average Bonchev–Trinajstić information content (AvgIpc) is 2.37. The van der Waals surface area contributed by atoms with E-state index in [1.165, 1.54) is 13.5 Å². The number of pyridine rings is 1. The van der Waals surface area contributed by atoms with E-state index in [9.17, 15) is 0 Å². The van der Waals surface area contributed by atoms with Crippen LogP contribution in [0, 0.1) is 0 Å². The maximum absolute atomic E-state index is 5.58. The average molecular weight is 255 g/mol. The molecule has 0 bridgehead atoms. The van der Waals surface area contributed by atoms with Gasteiger partial charge in [-0.1, -0.05) is 32.9 Å². The van der Waals surface area contributed by atoms with Gasteiger partial charge in [0.25, 0.3) is 0 Å². The Labute approximate surface area is 108 Å². The first-order valence-electron chi connectivity index (χ1n) is 5.47. The number of rotatable bonds is 3.